The highest BCUT2D eigenvalue weighted by Crippen LogP contribution is 2.73. The minimum absolute atomic E-state index is 0.00159. The Hall–Kier alpha value is -2.46. The Balaban J connectivity index is 1.04. The Labute approximate surface area is 413 Å². The van der Waals surface area contributed by atoms with E-state index in [0.29, 0.717) is 66.7 Å². The lowest BCUT2D eigenvalue weighted by Crippen LogP contribution is -2.71. The van der Waals surface area contributed by atoms with Crippen molar-refractivity contribution in [3.63, 3.8) is 0 Å². The van der Waals surface area contributed by atoms with E-state index >= 15 is 0 Å². The van der Waals surface area contributed by atoms with Gasteiger partial charge in [0.05, 0.1) is 12.1 Å². The first-order chi connectivity index (χ1) is 32.6. The highest BCUT2D eigenvalue weighted by Gasteiger charge is 2.71. The average Bonchev–Trinajstić information content (AvgIpc) is 3.82. The van der Waals surface area contributed by atoms with Gasteiger partial charge in [0.1, 0.15) is 5.78 Å². The Morgan fingerprint density at radius 2 is 1.19 bits per heavy atom. The summed E-state index contributed by atoms with van der Waals surface area (Å²) >= 11 is 0. The van der Waals surface area contributed by atoms with Crippen LogP contribution in [-0.4, -0.2) is 95.9 Å². The van der Waals surface area contributed by atoms with E-state index in [9.17, 15) is 19.2 Å². The summed E-state index contributed by atoms with van der Waals surface area (Å²) < 4.78 is 0. The van der Waals surface area contributed by atoms with Crippen LogP contribution in [0.25, 0.3) is 0 Å². The van der Waals surface area contributed by atoms with Gasteiger partial charge in [-0.1, -0.05) is 91.9 Å². The lowest BCUT2D eigenvalue weighted by molar-refractivity contribution is -0.159. The van der Waals surface area contributed by atoms with Crippen molar-refractivity contribution in [3.8, 4) is 0 Å². The van der Waals surface area contributed by atoms with Crippen molar-refractivity contribution in [3.05, 3.63) is 11.6 Å². The first kappa shape index (κ1) is 51.9. The van der Waals surface area contributed by atoms with Crippen molar-refractivity contribution in [1.82, 2.24) is 31.1 Å². The van der Waals surface area contributed by atoms with Gasteiger partial charge in [0.2, 0.25) is 0 Å². The molecule has 0 aromatic carbocycles. The molecule has 0 aromatic rings. The van der Waals surface area contributed by atoms with Crippen LogP contribution in [0.1, 0.15) is 209 Å². The van der Waals surface area contributed by atoms with E-state index in [2.05, 4.69) is 92.5 Å². The molecule has 384 valence electrons. The molecule has 3 saturated heterocycles. The molecule has 4 aliphatic carbocycles. The van der Waals surface area contributed by atoms with Crippen molar-refractivity contribution < 1.29 is 19.2 Å². The molecule has 0 radical (unpaired) electrons. The maximum atomic E-state index is 14.7. The summed E-state index contributed by atoms with van der Waals surface area (Å²) in [6, 6.07) is -0.236. The fourth-order valence-electron chi connectivity index (χ4n) is 18.4. The van der Waals surface area contributed by atoms with Gasteiger partial charge in [0.15, 0.2) is 5.78 Å². The zero-order chi connectivity index (χ0) is 48.5. The molecule has 0 spiro atoms. The third-order valence-electron chi connectivity index (χ3n) is 22.3. The standard InChI is InChI=1S/C58H98N6O4/c1-9-11-13-15-17-19-33-59-52(67)61-38-42-21-22-45-43-28-36-64-41(4)50(66)37-51(57(64,8)48(43)23-29-54(42,45)5)58(39-62-53(68)60-34-20-18-16-14-12-10-2)32-25-46-44-27-35-63-40(3)49(65)26-31-56(63,7)47(44)24-30-55(46,58)6/h37,40-48H,9-36,38-39H2,1-8H3,(H2,59,61,67)(H2,60,62,68)/t40?,41?,42?,43-,44-,45-,46-,47+,48+,54+,55-,56+,57-,58?/m0/s1. The van der Waals surface area contributed by atoms with Gasteiger partial charge in [-0.3, -0.25) is 19.4 Å². The number of piperidine rings is 3. The second kappa shape index (κ2) is 21.3. The van der Waals surface area contributed by atoms with Crippen molar-refractivity contribution in [2.75, 3.05) is 39.3 Å². The third kappa shape index (κ3) is 9.18. The van der Waals surface area contributed by atoms with E-state index in [1.807, 2.05) is 0 Å². The second-order valence-corrected chi connectivity index (χ2v) is 25.2. The Morgan fingerprint density at radius 3 is 1.87 bits per heavy atom. The summed E-state index contributed by atoms with van der Waals surface area (Å²) in [5.74, 6) is 4.29. The summed E-state index contributed by atoms with van der Waals surface area (Å²) in [5, 5.41) is 13.4. The maximum absolute atomic E-state index is 14.7. The number of nitrogens with one attached hydrogen (secondary N) is 4. The molecule has 8 rings (SSSR count). The smallest absolute Gasteiger partial charge is 0.314 e. The third-order valence-corrected chi connectivity index (χ3v) is 22.3. The number of hydrogen-bond donors (Lipinski definition) is 4. The Morgan fingerprint density at radius 1 is 0.603 bits per heavy atom. The first-order valence-electron chi connectivity index (χ1n) is 29.0. The number of urea groups is 2. The minimum Gasteiger partial charge on any atom is -0.338 e. The predicted molar refractivity (Wildman–Crippen MR) is 275 cm³/mol. The number of Topliss-reactive ketones (excluding diaryl/α,β-unsaturated/α-hetero) is 1. The zero-order valence-electron chi connectivity index (χ0n) is 44.5. The van der Waals surface area contributed by atoms with Gasteiger partial charge in [-0.15, -0.1) is 0 Å². The van der Waals surface area contributed by atoms with Crippen LogP contribution in [0.15, 0.2) is 11.6 Å². The number of amides is 4. The molecule has 7 fully saturated rings. The van der Waals surface area contributed by atoms with E-state index in [0.717, 1.165) is 110 Å². The number of nitrogens with zero attached hydrogens (tertiary/aromatic N) is 2. The molecular weight excluding hydrogens is 845 g/mol. The molecule has 0 aromatic heterocycles. The van der Waals surface area contributed by atoms with E-state index in [-0.39, 0.29) is 57.3 Å². The highest BCUT2D eigenvalue weighted by molar-refractivity contribution is 5.96. The fraction of sp³-hybridized carbons (Fsp3) is 0.897. The number of fused-ring (bicyclic) bond motifs is 10. The molecule has 4 heterocycles. The van der Waals surface area contributed by atoms with E-state index in [1.54, 1.807) is 0 Å². The first-order valence-corrected chi connectivity index (χ1v) is 29.0. The summed E-state index contributed by atoms with van der Waals surface area (Å²) in [5.41, 5.74) is 0.813. The number of carbonyl (C=O) groups excluding carboxylic acids is 4. The van der Waals surface area contributed by atoms with Gasteiger partial charge in [-0.05, 0) is 182 Å². The van der Waals surface area contributed by atoms with Gasteiger partial charge in [0, 0.05) is 55.6 Å². The number of hydrogen-bond acceptors (Lipinski definition) is 6. The van der Waals surface area contributed by atoms with E-state index in [4.69, 9.17) is 0 Å². The zero-order valence-corrected chi connectivity index (χ0v) is 44.5. The average molecular weight is 943 g/mol. The molecular formula is C58H98N6O4. The van der Waals surface area contributed by atoms with Gasteiger partial charge in [-0.25, -0.2) is 9.59 Å². The summed E-state index contributed by atoms with van der Waals surface area (Å²) in [6.45, 7) is 23.7. The molecule has 0 bridgehead atoms. The minimum atomic E-state index is -0.357. The monoisotopic (exact) mass is 943 g/mol. The van der Waals surface area contributed by atoms with Gasteiger partial charge in [0.25, 0.3) is 0 Å². The summed E-state index contributed by atoms with van der Waals surface area (Å²) in [6.07, 6.45) is 29.5. The van der Waals surface area contributed by atoms with Gasteiger partial charge in [-0.2, -0.15) is 0 Å². The molecule has 4 N–H and O–H groups in total. The quantitative estimate of drug-likeness (QED) is 0.0957. The lowest BCUT2D eigenvalue weighted by Gasteiger charge is -2.67. The van der Waals surface area contributed by atoms with Crippen molar-refractivity contribution in [1.29, 1.82) is 0 Å². The molecule has 68 heavy (non-hydrogen) atoms. The van der Waals surface area contributed by atoms with Crippen LogP contribution in [0.3, 0.4) is 0 Å². The molecule has 10 heteroatoms. The van der Waals surface area contributed by atoms with Crippen LogP contribution in [0.4, 0.5) is 9.59 Å². The molecule has 4 aliphatic heterocycles. The van der Waals surface area contributed by atoms with Gasteiger partial charge < -0.3 is 21.3 Å². The van der Waals surface area contributed by atoms with Crippen molar-refractivity contribution >= 4 is 23.6 Å². The number of ketones is 2. The molecule has 4 amide bonds. The number of carbonyl (C=O) groups is 4. The van der Waals surface area contributed by atoms with Crippen molar-refractivity contribution in [2.24, 2.45) is 57.7 Å². The van der Waals surface area contributed by atoms with Crippen LogP contribution in [0, 0.1) is 57.7 Å². The molecule has 8 aliphatic rings. The Bertz CT molecular complexity index is 1840. The fourth-order valence-corrected chi connectivity index (χ4v) is 18.4. The second-order valence-electron chi connectivity index (χ2n) is 25.2. The van der Waals surface area contributed by atoms with Crippen LogP contribution >= 0.6 is 0 Å². The summed E-state index contributed by atoms with van der Waals surface area (Å²) in [7, 11) is 0. The maximum Gasteiger partial charge on any atom is 0.314 e. The van der Waals surface area contributed by atoms with Crippen LogP contribution < -0.4 is 21.3 Å². The largest absolute Gasteiger partial charge is 0.338 e. The molecule has 10 nitrogen and oxygen atoms in total. The van der Waals surface area contributed by atoms with E-state index in [1.165, 1.54) is 69.8 Å². The molecule has 14 atom stereocenters. The van der Waals surface area contributed by atoms with Crippen LogP contribution in [0.2, 0.25) is 0 Å². The van der Waals surface area contributed by atoms with Crippen LogP contribution in [0.5, 0.6) is 0 Å². The number of unbranched alkanes of at least 4 members (excludes halogenated alkanes) is 10. The highest BCUT2D eigenvalue weighted by atomic mass is 16.2. The molecule has 4 unspecified atom stereocenters. The van der Waals surface area contributed by atoms with E-state index < -0.39 is 0 Å². The van der Waals surface area contributed by atoms with Crippen molar-refractivity contribution in [2.45, 2.75) is 233 Å². The topological polar surface area (TPSA) is 123 Å². The van der Waals surface area contributed by atoms with Crippen LogP contribution in [-0.2, 0) is 9.59 Å². The lowest BCUT2D eigenvalue weighted by atomic mass is 9.44. The summed E-state index contributed by atoms with van der Waals surface area (Å²) in [4.78, 5) is 60.1. The molecule has 4 saturated carbocycles. The van der Waals surface area contributed by atoms with Gasteiger partial charge >= 0.3 is 12.1 Å². The number of rotatable bonds is 19. The predicted octanol–water partition coefficient (Wildman–Crippen LogP) is 11.4. The normalized spacial score (nSPS) is 41.1. The SMILES string of the molecule is CCCCCCCCNC(=O)NCC1CC[C@H]2[C@@H]3CCN4C(C)C(=O)C=C(C5(CNC(=O)NCCCCCCCC)CC[C@H]6[C@@H]7CCN8C(C)C(=O)CC[C@]8(C)[C@@H]7CC[C@@]65C)[C@]4(C)[C@@H]3CC[C@]12C. The Kier molecular flexibility index (Phi) is 16.3.